The molecule has 0 aliphatic carbocycles. The van der Waals surface area contributed by atoms with Crippen LogP contribution in [0.1, 0.15) is 34.1 Å². The van der Waals surface area contributed by atoms with Gasteiger partial charge in [0.05, 0.1) is 6.61 Å². The van der Waals surface area contributed by atoms with Crippen molar-refractivity contribution < 1.29 is 9.47 Å². The molecule has 0 aromatic carbocycles. The average Bonchev–Trinajstić information content (AvgIpc) is 2.38. The highest BCUT2D eigenvalue weighted by Gasteiger charge is 1.97. The van der Waals surface area contributed by atoms with Gasteiger partial charge in [0.15, 0.2) is 5.96 Å². The van der Waals surface area contributed by atoms with Crippen molar-refractivity contribution >= 4 is 29.9 Å². The fourth-order valence-corrected chi connectivity index (χ4v) is 1.40. The number of hydrogen-bond donors (Lipinski definition) is 2. The molecule has 0 unspecified atom stereocenters. The second kappa shape index (κ2) is 17.0. The second-order valence-corrected chi connectivity index (χ2v) is 4.71. The molecule has 0 fully saturated rings. The first-order valence-corrected chi connectivity index (χ1v) is 7.38. The Bertz CT molecular complexity index is 226. The van der Waals surface area contributed by atoms with Crippen molar-refractivity contribution in [1.82, 2.24) is 10.6 Å². The molecule has 0 aromatic rings. The highest BCUT2D eigenvalue weighted by atomic mass is 127. The molecular weight excluding hydrogens is 369 g/mol. The van der Waals surface area contributed by atoms with E-state index >= 15 is 0 Å². The highest BCUT2D eigenvalue weighted by Crippen LogP contribution is 1.93. The van der Waals surface area contributed by atoms with Gasteiger partial charge in [0.1, 0.15) is 0 Å². The minimum Gasteiger partial charge on any atom is -0.381 e. The lowest BCUT2D eigenvalue weighted by Gasteiger charge is -2.11. The lowest BCUT2D eigenvalue weighted by molar-refractivity contribution is 0.109. The minimum absolute atomic E-state index is 0. The van der Waals surface area contributed by atoms with E-state index in [9.17, 15) is 0 Å². The first-order chi connectivity index (χ1) is 9.20. The number of rotatable bonds is 11. The van der Waals surface area contributed by atoms with Gasteiger partial charge in [-0.05, 0) is 26.2 Å². The van der Waals surface area contributed by atoms with Crippen molar-refractivity contribution in [2.45, 2.75) is 34.1 Å². The van der Waals surface area contributed by atoms with E-state index in [0.717, 1.165) is 51.8 Å². The van der Waals surface area contributed by atoms with E-state index in [1.165, 1.54) is 0 Å². The summed E-state index contributed by atoms with van der Waals surface area (Å²) in [5.74, 6) is 1.45. The molecule has 0 atom stereocenters. The molecule has 0 aliphatic heterocycles. The fraction of sp³-hybridized carbons (Fsp3) is 0.929. The molecule has 0 rings (SSSR count). The SMILES string of the molecule is CCNC(=NCCCOCC(C)C)NCCOCC.I. The summed E-state index contributed by atoms with van der Waals surface area (Å²) in [7, 11) is 0. The molecular formula is C14H32IN3O2. The molecule has 0 saturated carbocycles. The Hall–Kier alpha value is -0.0800. The van der Waals surface area contributed by atoms with Crippen molar-refractivity contribution in [1.29, 1.82) is 0 Å². The molecule has 0 amide bonds. The third-order valence-corrected chi connectivity index (χ3v) is 2.26. The predicted molar refractivity (Wildman–Crippen MR) is 96.2 cm³/mol. The molecule has 2 N–H and O–H groups in total. The standard InChI is InChI=1S/C14H31N3O2.HI/c1-5-15-14(17-9-11-18-6-2)16-8-7-10-19-12-13(3)4;/h13H,5-12H2,1-4H3,(H2,15,16,17);1H. The van der Waals surface area contributed by atoms with Crippen LogP contribution in [0.25, 0.3) is 0 Å². The zero-order chi connectivity index (χ0) is 14.3. The summed E-state index contributed by atoms with van der Waals surface area (Å²) in [6.07, 6.45) is 0.953. The maximum Gasteiger partial charge on any atom is 0.191 e. The normalized spacial score (nSPS) is 11.3. The maximum atomic E-state index is 5.52. The molecule has 6 heteroatoms. The Morgan fingerprint density at radius 1 is 1.10 bits per heavy atom. The van der Waals surface area contributed by atoms with Gasteiger partial charge in [0, 0.05) is 39.5 Å². The van der Waals surface area contributed by atoms with Crippen molar-refractivity contribution in [2.24, 2.45) is 10.9 Å². The Kier molecular flexibility index (Phi) is 18.8. The first kappa shape index (κ1) is 22.2. The third-order valence-electron chi connectivity index (χ3n) is 2.26. The molecule has 122 valence electrons. The topological polar surface area (TPSA) is 54.9 Å². The van der Waals surface area contributed by atoms with Gasteiger partial charge in [0.25, 0.3) is 0 Å². The number of ether oxygens (including phenoxy) is 2. The largest absolute Gasteiger partial charge is 0.381 e. The Morgan fingerprint density at radius 2 is 1.85 bits per heavy atom. The second-order valence-electron chi connectivity index (χ2n) is 4.71. The average molecular weight is 401 g/mol. The molecule has 0 radical (unpaired) electrons. The number of hydrogen-bond acceptors (Lipinski definition) is 3. The summed E-state index contributed by atoms with van der Waals surface area (Å²) < 4.78 is 10.8. The number of aliphatic imine (C=N–C) groups is 1. The number of guanidine groups is 1. The van der Waals surface area contributed by atoms with Gasteiger partial charge in [-0.15, -0.1) is 24.0 Å². The van der Waals surface area contributed by atoms with E-state index in [2.05, 4.69) is 36.4 Å². The van der Waals surface area contributed by atoms with Crippen LogP contribution in [0.5, 0.6) is 0 Å². The number of halogens is 1. The van der Waals surface area contributed by atoms with Gasteiger partial charge >= 0.3 is 0 Å². The summed E-state index contributed by atoms with van der Waals surface area (Å²) in [5.41, 5.74) is 0. The van der Waals surface area contributed by atoms with Gasteiger partial charge in [-0.25, -0.2) is 0 Å². The third kappa shape index (κ3) is 16.0. The van der Waals surface area contributed by atoms with Gasteiger partial charge in [-0.2, -0.15) is 0 Å². The zero-order valence-electron chi connectivity index (χ0n) is 13.4. The van der Waals surface area contributed by atoms with Crippen molar-refractivity contribution in [3.05, 3.63) is 0 Å². The van der Waals surface area contributed by atoms with E-state index in [-0.39, 0.29) is 24.0 Å². The van der Waals surface area contributed by atoms with Crippen LogP contribution in [-0.4, -0.2) is 52.0 Å². The van der Waals surface area contributed by atoms with Gasteiger partial charge in [0.2, 0.25) is 0 Å². The van der Waals surface area contributed by atoms with Crippen molar-refractivity contribution in [2.75, 3.05) is 46.1 Å². The van der Waals surface area contributed by atoms with Gasteiger partial charge < -0.3 is 20.1 Å². The molecule has 0 spiro atoms. The molecule has 0 aliphatic rings. The summed E-state index contributed by atoms with van der Waals surface area (Å²) >= 11 is 0. The Balaban J connectivity index is 0. The van der Waals surface area contributed by atoms with E-state index in [4.69, 9.17) is 9.47 Å². The molecule has 0 bridgehead atoms. The van der Waals surface area contributed by atoms with Crippen LogP contribution in [-0.2, 0) is 9.47 Å². The maximum absolute atomic E-state index is 5.52. The van der Waals surface area contributed by atoms with Crippen LogP contribution in [0.2, 0.25) is 0 Å². The van der Waals surface area contributed by atoms with Crippen LogP contribution in [0.4, 0.5) is 0 Å². The quantitative estimate of drug-likeness (QED) is 0.241. The van der Waals surface area contributed by atoms with Crippen molar-refractivity contribution in [3.63, 3.8) is 0 Å². The highest BCUT2D eigenvalue weighted by molar-refractivity contribution is 14.0. The van der Waals surface area contributed by atoms with E-state index in [1.807, 2.05) is 6.92 Å². The lowest BCUT2D eigenvalue weighted by Crippen LogP contribution is -2.39. The predicted octanol–water partition coefficient (Wildman–Crippen LogP) is 2.26. The fourth-order valence-electron chi connectivity index (χ4n) is 1.40. The Morgan fingerprint density at radius 3 is 2.45 bits per heavy atom. The van der Waals surface area contributed by atoms with Gasteiger partial charge in [-0.3, -0.25) is 4.99 Å². The zero-order valence-corrected chi connectivity index (χ0v) is 15.7. The van der Waals surface area contributed by atoms with Crippen LogP contribution >= 0.6 is 24.0 Å². The molecule has 0 heterocycles. The van der Waals surface area contributed by atoms with Crippen LogP contribution in [0.3, 0.4) is 0 Å². The molecule has 0 aromatic heterocycles. The summed E-state index contributed by atoms with van der Waals surface area (Å²) in [6.45, 7) is 13.9. The first-order valence-electron chi connectivity index (χ1n) is 7.38. The summed E-state index contributed by atoms with van der Waals surface area (Å²) in [4.78, 5) is 4.49. The van der Waals surface area contributed by atoms with Gasteiger partial charge in [-0.1, -0.05) is 13.8 Å². The number of nitrogens with one attached hydrogen (secondary N) is 2. The summed E-state index contributed by atoms with van der Waals surface area (Å²) in [5, 5.41) is 6.45. The molecule has 0 saturated heterocycles. The molecule has 5 nitrogen and oxygen atoms in total. The van der Waals surface area contributed by atoms with E-state index in [1.54, 1.807) is 0 Å². The van der Waals surface area contributed by atoms with Crippen LogP contribution in [0, 0.1) is 5.92 Å². The van der Waals surface area contributed by atoms with Crippen LogP contribution < -0.4 is 10.6 Å². The van der Waals surface area contributed by atoms with Crippen LogP contribution in [0.15, 0.2) is 4.99 Å². The summed E-state index contributed by atoms with van der Waals surface area (Å²) in [6, 6.07) is 0. The van der Waals surface area contributed by atoms with Crippen molar-refractivity contribution in [3.8, 4) is 0 Å². The monoisotopic (exact) mass is 401 g/mol. The smallest absolute Gasteiger partial charge is 0.191 e. The Labute approximate surface area is 141 Å². The van der Waals surface area contributed by atoms with E-state index in [0.29, 0.717) is 12.5 Å². The van der Waals surface area contributed by atoms with E-state index < -0.39 is 0 Å². The minimum atomic E-state index is 0. The lowest BCUT2D eigenvalue weighted by atomic mass is 10.2. The number of nitrogens with zero attached hydrogens (tertiary/aromatic N) is 1. The molecule has 20 heavy (non-hydrogen) atoms.